The molecule has 0 saturated carbocycles. The lowest BCUT2D eigenvalue weighted by Crippen LogP contribution is -2.59. The standard InChI is InChI=1S/C14H27NO7/c1-2-3-7-20-14-13(19)12(18)11(17)9(22-14)8-21-10(16)5-4-6-15/h9,11-14,17-19H,2-8,15H2,1H3/t9-,11-,12+,13-,14+/m1/s1. The van der Waals surface area contributed by atoms with Crippen molar-refractivity contribution >= 4 is 5.97 Å². The quantitative estimate of drug-likeness (QED) is 0.311. The number of carbonyl (C=O) groups is 1. The summed E-state index contributed by atoms with van der Waals surface area (Å²) < 4.78 is 15.7. The highest BCUT2D eigenvalue weighted by atomic mass is 16.7. The Morgan fingerprint density at radius 1 is 1.18 bits per heavy atom. The van der Waals surface area contributed by atoms with Gasteiger partial charge in [0.25, 0.3) is 0 Å². The third-order valence-corrected chi connectivity index (χ3v) is 3.44. The Bertz CT molecular complexity index is 328. The van der Waals surface area contributed by atoms with Crippen LogP contribution >= 0.6 is 0 Å². The highest BCUT2D eigenvalue weighted by Crippen LogP contribution is 2.22. The van der Waals surface area contributed by atoms with Gasteiger partial charge in [0.2, 0.25) is 0 Å². The van der Waals surface area contributed by atoms with E-state index in [-0.39, 0.29) is 13.0 Å². The van der Waals surface area contributed by atoms with Crippen LogP contribution < -0.4 is 5.73 Å². The zero-order valence-electron chi connectivity index (χ0n) is 12.9. The van der Waals surface area contributed by atoms with Gasteiger partial charge in [-0.15, -0.1) is 0 Å². The number of aliphatic hydroxyl groups is 3. The highest BCUT2D eigenvalue weighted by molar-refractivity contribution is 5.69. The fraction of sp³-hybridized carbons (Fsp3) is 0.929. The van der Waals surface area contributed by atoms with Crippen LogP contribution in [0.5, 0.6) is 0 Å². The second kappa shape index (κ2) is 10.1. The Hall–Kier alpha value is -0.770. The summed E-state index contributed by atoms with van der Waals surface area (Å²) in [7, 11) is 0. The van der Waals surface area contributed by atoms with E-state index in [2.05, 4.69) is 0 Å². The topological polar surface area (TPSA) is 131 Å². The molecule has 8 heteroatoms. The van der Waals surface area contributed by atoms with E-state index in [1.54, 1.807) is 0 Å². The van der Waals surface area contributed by atoms with Crippen molar-refractivity contribution in [3.63, 3.8) is 0 Å². The molecule has 0 aromatic carbocycles. The molecular formula is C14H27NO7. The second-order valence-corrected chi connectivity index (χ2v) is 5.31. The first-order valence-electron chi connectivity index (χ1n) is 7.68. The van der Waals surface area contributed by atoms with Crippen LogP contribution in [0.4, 0.5) is 0 Å². The fourth-order valence-corrected chi connectivity index (χ4v) is 2.03. The summed E-state index contributed by atoms with van der Waals surface area (Å²) in [6, 6.07) is 0. The van der Waals surface area contributed by atoms with E-state index in [0.29, 0.717) is 19.6 Å². The number of esters is 1. The zero-order chi connectivity index (χ0) is 16.5. The van der Waals surface area contributed by atoms with Crippen LogP contribution in [0.15, 0.2) is 0 Å². The Labute approximate surface area is 130 Å². The van der Waals surface area contributed by atoms with E-state index in [0.717, 1.165) is 12.8 Å². The Kier molecular flexibility index (Phi) is 8.84. The molecule has 1 rings (SSSR count). The number of unbranched alkanes of at least 4 members (excludes halogenated alkanes) is 1. The van der Waals surface area contributed by atoms with Crippen LogP contribution in [0.1, 0.15) is 32.6 Å². The Morgan fingerprint density at radius 3 is 2.55 bits per heavy atom. The predicted octanol–water partition coefficient (Wildman–Crippen LogP) is -1.11. The minimum absolute atomic E-state index is 0.181. The summed E-state index contributed by atoms with van der Waals surface area (Å²) >= 11 is 0. The van der Waals surface area contributed by atoms with Crippen molar-refractivity contribution in [1.82, 2.24) is 0 Å². The molecule has 5 N–H and O–H groups in total. The summed E-state index contributed by atoms with van der Waals surface area (Å²) in [4.78, 5) is 11.4. The molecule has 1 aliphatic heterocycles. The molecule has 0 spiro atoms. The Morgan fingerprint density at radius 2 is 1.91 bits per heavy atom. The number of nitrogens with two attached hydrogens (primary N) is 1. The third kappa shape index (κ3) is 5.79. The van der Waals surface area contributed by atoms with Crippen LogP contribution in [-0.4, -0.2) is 71.8 Å². The summed E-state index contributed by atoms with van der Waals surface area (Å²) in [5, 5.41) is 29.6. The van der Waals surface area contributed by atoms with Gasteiger partial charge >= 0.3 is 5.97 Å². The minimum atomic E-state index is -1.42. The number of ether oxygens (including phenoxy) is 3. The lowest BCUT2D eigenvalue weighted by molar-refractivity contribution is -0.301. The fourth-order valence-electron chi connectivity index (χ4n) is 2.03. The smallest absolute Gasteiger partial charge is 0.305 e. The van der Waals surface area contributed by atoms with E-state index in [1.807, 2.05) is 6.92 Å². The zero-order valence-corrected chi connectivity index (χ0v) is 12.9. The molecule has 1 aliphatic rings. The predicted molar refractivity (Wildman–Crippen MR) is 76.8 cm³/mol. The molecule has 8 nitrogen and oxygen atoms in total. The van der Waals surface area contributed by atoms with Gasteiger partial charge in [0.1, 0.15) is 31.0 Å². The van der Waals surface area contributed by atoms with Crippen LogP contribution in [0, 0.1) is 0 Å². The molecule has 130 valence electrons. The molecule has 1 fully saturated rings. The summed E-state index contributed by atoms with van der Waals surface area (Å²) in [6.07, 6.45) is -3.75. The number of aliphatic hydroxyl groups excluding tert-OH is 3. The van der Waals surface area contributed by atoms with Gasteiger partial charge in [-0.1, -0.05) is 13.3 Å². The second-order valence-electron chi connectivity index (χ2n) is 5.31. The molecular weight excluding hydrogens is 294 g/mol. The van der Waals surface area contributed by atoms with Crippen LogP contribution in [0.3, 0.4) is 0 Å². The summed E-state index contributed by atoms with van der Waals surface area (Å²) in [5.74, 6) is -0.453. The van der Waals surface area contributed by atoms with Gasteiger partial charge in [0, 0.05) is 13.0 Å². The maximum Gasteiger partial charge on any atom is 0.305 e. The van der Waals surface area contributed by atoms with E-state index in [4.69, 9.17) is 19.9 Å². The molecule has 0 unspecified atom stereocenters. The molecule has 22 heavy (non-hydrogen) atoms. The van der Waals surface area contributed by atoms with Gasteiger partial charge in [-0.05, 0) is 19.4 Å². The Balaban J connectivity index is 2.48. The maximum absolute atomic E-state index is 11.4. The molecule has 0 radical (unpaired) electrons. The molecule has 0 amide bonds. The number of hydrogen-bond acceptors (Lipinski definition) is 8. The molecule has 0 bridgehead atoms. The van der Waals surface area contributed by atoms with Crippen molar-refractivity contribution < 1.29 is 34.3 Å². The van der Waals surface area contributed by atoms with Crippen molar-refractivity contribution in [2.24, 2.45) is 5.73 Å². The average molecular weight is 321 g/mol. The van der Waals surface area contributed by atoms with E-state index in [1.165, 1.54) is 0 Å². The number of carbonyl (C=O) groups excluding carboxylic acids is 1. The first-order chi connectivity index (χ1) is 10.5. The molecule has 0 aliphatic carbocycles. The van der Waals surface area contributed by atoms with E-state index in [9.17, 15) is 20.1 Å². The van der Waals surface area contributed by atoms with Crippen LogP contribution in [-0.2, 0) is 19.0 Å². The van der Waals surface area contributed by atoms with Gasteiger partial charge in [0.15, 0.2) is 6.29 Å². The van der Waals surface area contributed by atoms with Gasteiger partial charge in [0.05, 0.1) is 0 Å². The molecule has 0 aromatic rings. The normalized spacial score (nSPS) is 32.0. The number of rotatable bonds is 9. The van der Waals surface area contributed by atoms with Crippen LogP contribution in [0.25, 0.3) is 0 Å². The van der Waals surface area contributed by atoms with Crippen LogP contribution in [0.2, 0.25) is 0 Å². The molecule has 0 aromatic heterocycles. The van der Waals surface area contributed by atoms with Gasteiger partial charge in [-0.2, -0.15) is 0 Å². The molecule has 1 saturated heterocycles. The van der Waals surface area contributed by atoms with Gasteiger partial charge in [-0.3, -0.25) is 4.79 Å². The first-order valence-corrected chi connectivity index (χ1v) is 7.68. The number of hydrogen-bond donors (Lipinski definition) is 4. The largest absolute Gasteiger partial charge is 0.463 e. The SMILES string of the molecule is CCCCO[C@H]1O[C@H](COC(=O)CCCN)[C@@H](O)[C@H](O)[C@H]1O. The third-order valence-electron chi connectivity index (χ3n) is 3.44. The molecule has 5 atom stereocenters. The van der Waals surface area contributed by atoms with Crippen molar-refractivity contribution in [3.8, 4) is 0 Å². The lowest BCUT2D eigenvalue weighted by Gasteiger charge is -2.39. The molecule has 1 heterocycles. The van der Waals surface area contributed by atoms with Crippen molar-refractivity contribution in [2.75, 3.05) is 19.8 Å². The van der Waals surface area contributed by atoms with E-state index < -0.39 is 36.7 Å². The monoisotopic (exact) mass is 321 g/mol. The van der Waals surface area contributed by atoms with Crippen molar-refractivity contribution in [2.45, 2.75) is 63.3 Å². The van der Waals surface area contributed by atoms with Crippen molar-refractivity contribution in [3.05, 3.63) is 0 Å². The van der Waals surface area contributed by atoms with Gasteiger partial charge < -0.3 is 35.3 Å². The maximum atomic E-state index is 11.4. The minimum Gasteiger partial charge on any atom is -0.463 e. The highest BCUT2D eigenvalue weighted by Gasteiger charge is 2.44. The average Bonchev–Trinajstić information content (AvgIpc) is 2.52. The first kappa shape index (κ1) is 19.3. The summed E-state index contributed by atoms with van der Waals surface area (Å²) in [6.45, 7) is 2.52. The lowest BCUT2D eigenvalue weighted by atomic mass is 9.99. The summed E-state index contributed by atoms with van der Waals surface area (Å²) in [5.41, 5.74) is 5.30. The van der Waals surface area contributed by atoms with Gasteiger partial charge in [-0.25, -0.2) is 0 Å². The van der Waals surface area contributed by atoms with E-state index >= 15 is 0 Å². The van der Waals surface area contributed by atoms with Crippen molar-refractivity contribution in [1.29, 1.82) is 0 Å².